The quantitative estimate of drug-likeness (QED) is 0.0318. The van der Waals surface area contributed by atoms with Gasteiger partial charge < -0.3 is 19.8 Å². The highest BCUT2D eigenvalue weighted by Crippen LogP contribution is 2.43. The summed E-state index contributed by atoms with van der Waals surface area (Å²) in [5.41, 5.74) is 0. The lowest BCUT2D eigenvalue weighted by Gasteiger charge is -2.26. The van der Waals surface area contributed by atoms with Crippen molar-refractivity contribution in [1.82, 2.24) is 5.32 Å². The highest BCUT2D eigenvalue weighted by atomic mass is 31.2. The molecular formula is C67H138N2O6P+. The predicted octanol–water partition coefficient (Wildman–Crippen LogP) is 21.6. The van der Waals surface area contributed by atoms with E-state index in [0.29, 0.717) is 23.9 Å². The number of amides is 1. The molecular weight excluding hydrogens is 960 g/mol. The number of nitrogens with one attached hydrogen (secondary N) is 1. The number of aliphatic hydroxyl groups excluding tert-OH is 1. The van der Waals surface area contributed by atoms with Crippen LogP contribution in [0.5, 0.6) is 0 Å². The summed E-state index contributed by atoms with van der Waals surface area (Å²) in [6.07, 6.45) is 73.7. The molecule has 8 nitrogen and oxygen atoms in total. The molecule has 0 aliphatic heterocycles. The first kappa shape index (κ1) is 75.5. The standard InChI is InChI=1S/C67H137N2O6P/c1-6-8-10-12-14-16-18-20-22-23-24-25-26-27-28-29-30-31-32-33-34-35-36-37-38-39-40-41-42-43-44-45-46-47-49-51-53-55-57-59-61-67(71)68-65(64-75-76(72,73)74-63-62-69(3,4)5)66(70)60-58-56-54-52-50-48-21-19-17-15-13-11-9-7-2/h65-66,70H,6-64H2,1-5H3,(H-,68,71,72,73)/p+1. The Morgan fingerprint density at radius 1 is 0.395 bits per heavy atom. The number of carbonyl (C=O) groups is 1. The van der Waals surface area contributed by atoms with Crippen LogP contribution in [0.15, 0.2) is 0 Å². The number of phosphoric ester groups is 1. The zero-order valence-corrected chi connectivity index (χ0v) is 53.2. The number of carbonyl (C=O) groups excluding carboxylic acids is 1. The van der Waals surface area contributed by atoms with Gasteiger partial charge in [0.25, 0.3) is 0 Å². The lowest BCUT2D eigenvalue weighted by molar-refractivity contribution is -0.870. The Morgan fingerprint density at radius 3 is 0.882 bits per heavy atom. The van der Waals surface area contributed by atoms with Gasteiger partial charge in [0.2, 0.25) is 5.91 Å². The van der Waals surface area contributed by atoms with E-state index >= 15 is 0 Å². The van der Waals surface area contributed by atoms with Crippen LogP contribution in [0.2, 0.25) is 0 Å². The van der Waals surface area contributed by atoms with Crippen molar-refractivity contribution in [3.8, 4) is 0 Å². The fraction of sp³-hybridized carbons (Fsp3) is 0.985. The number of phosphoric acid groups is 1. The maximum Gasteiger partial charge on any atom is 0.472 e. The van der Waals surface area contributed by atoms with Crippen molar-refractivity contribution in [2.24, 2.45) is 0 Å². The number of aliphatic hydroxyl groups is 1. The summed E-state index contributed by atoms with van der Waals surface area (Å²) < 4.78 is 23.8. The van der Waals surface area contributed by atoms with Gasteiger partial charge in [-0.25, -0.2) is 4.57 Å². The summed E-state index contributed by atoms with van der Waals surface area (Å²) in [7, 11) is 1.64. The molecule has 0 saturated carbocycles. The molecule has 0 aromatic rings. The topological polar surface area (TPSA) is 105 Å². The second-order valence-corrected chi connectivity index (χ2v) is 26.7. The fourth-order valence-corrected chi connectivity index (χ4v) is 11.7. The SMILES string of the molecule is CCCCCCCCCCCCCCCCCCCCCCCCCCCCCCCCCCCCCCCCCCC(=O)NC(COP(=O)(O)OCC[N+](C)(C)C)C(O)CCCCCCCCCCCCCCCC. The summed E-state index contributed by atoms with van der Waals surface area (Å²) in [6.45, 7) is 4.95. The van der Waals surface area contributed by atoms with Gasteiger partial charge in [0, 0.05) is 6.42 Å². The number of unbranched alkanes of at least 4 members (excludes halogenated alkanes) is 52. The molecule has 0 radical (unpaired) electrons. The molecule has 0 aromatic carbocycles. The highest BCUT2D eigenvalue weighted by molar-refractivity contribution is 7.47. The van der Waals surface area contributed by atoms with Crippen LogP contribution in [0.4, 0.5) is 0 Å². The Kier molecular flexibility index (Phi) is 58.7. The first-order valence-electron chi connectivity index (χ1n) is 34.4. The minimum absolute atomic E-state index is 0.0791. The molecule has 3 N–H and O–H groups in total. The van der Waals surface area contributed by atoms with Crippen LogP contribution >= 0.6 is 7.82 Å². The maximum absolute atomic E-state index is 13.0. The van der Waals surface area contributed by atoms with E-state index in [-0.39, 0.29) is 19.1 Å². The zero-order chi connectivity index (χ0) is 55.6. The molecule has 76 heavy (non-hydrogen) atoms. The molecule has 3 unspecified atom stereocenters. The second-order valence-electron chi connectivity index (χ2n) is 25.3. The van der Waals surface area contributed by atoms with Gasteiger partial charge in [-0.2, -0.15) is 0 Å². The van der Waals surface area contributed by atoms with Crippen LogP contribution in [0.1, 0.15) is 373 Å². The summed E-state index contributed by atoms with van der Waals surface area (Å²) in [6, 6.07) is -0.755. The van der Waals surface area contributed by atoms with Crippen molar-refractivity contribution in [2.75, 3.05) is 40.9 Å². The van der Waals surface area contributed by atoms with Crippen molar-refractivity contribution >= 4 is 13.7 Å². The van der Waals surface area contributed by atoms with E-state index in [1.165, 1.54) is 308 Å². The average molecular weight is 1100 g/mol. The largest absolute Gasteiger partial charge is 0.472 e. The number of hydrogen-bond donors (Lipinski definition) is 3. The molecule has 0 aliphatic carbocycles. The van der Waals surface area contributed by atoms with E-state index in [2.05, 4.69) is 19.2 Å². The number of likely N-dealkylation sites (N-methyl/N-ethyl adjacent to an activating group) is 1. The zero-order valence-electron chi connectivity index (χ0n) is 52.3. The van der Waals surface area contributed by atoms with Gasteiger partial charge in [-0.05, 0) is 12.8 Å². The van der Waals surface area contributed by atoms with E-state index in [0.717, 1.165) is 38.5 Å². The molecule has 0 heterocycles. The van der Waals surface area contributed by atoms with Gasteiger partial charge in [-0.3, -0.25) is 13.8 Å². The highest BCUT2D eigenvalue weighted by Gasteiger charge is 2.28. The summed E-state index contributed by atoms with van der Waals surface area (Å²) in [5.74, 6) is -0.135. The summed E-state index contributed by atoms with van der Waals surface area (Å²) in [4.78, 5) is 23.4. The Bertz CT molecular complexity index is 1200. The van der Waals surface area contributed by atoms with E-state index in [1.807, 2.05) is 21.1 Å². The maximum atomic E-state index is 13.0. The molecule has 0 spiro atoms. The van der Waals surface area contributed by atoms with E-state index in [9.17, 15) is 19.4 Å². The Labute approximate surface area is 476 Å². The van der Waals surface area contributed by atoms with Gasteiger partial charge in [-0.15, -0.1) is 0 Å². The van der Waals surface area contributed by atoms with Crippen molar-refractivity contribution in [3.05, 3.63) is 0 Å². The minimum atomic E-state index is -4.32. The average Bonchev–Trinajstić information content (AvgIpc) is 3.38. The van der Waals surface area contributed by atoms with Gasteiger partial charge in [0.05, 0.1) is 39.9 Å². The van der Waals surface area contributed by atoms with Gasteiger partial charge in [-0.1, -0.05) is 354 Å². The Morgan fingerprint density at radius 2 is 0.632 bits per heavy atom. The predicted molar refractivity (Wildman–Crippen MR) is 332 cm³/mol. The van der Waals surface area contributed by atoms with Crippen molar-refractivity contribution in [2.45, 2.75) is 386 Å². The van der Waals surface area contributed by atoms with Crippen LogP contribution in [-0.2, 0) is 18.4 Å². The Hall–Kier alpha value is -0.500. The smallest absolute Gasteiger partial charge is 0.391 e. The number of hydrogen-bond acceptors (Lipinski definition) is 5. The molecule has 0 fully saturated rings. The summed E-state index contributed by atoms with van der Waals surface area (Å²) in [5, 5.41) is 14.1. The normalized spacial score (nSPS) is 13.6. The monoisotopic (exact) mass is 1100 g/mol. The van der Waals surface area contributed by atoms with Crippen molar-refractivity contribution in [1.29, 1.82) is 0 Å². The molecule has 0 aromatic heterocycles. The number of rotatable bonds is 65. The fourth-order valence-electron chi connectivity index (χ4n) is 11.0. The van der Waals surface area contributed by atoms with Crippen molar-refractivity contribution < 1.29 is 32.9 Å². The minimum Gasteiger partial charge on any atom is -0.391 e. The van der Waals surface area contributed by atoms with Crippen LogP contribution in [0.3, 0.4) is 0 Å². The molecule has 456 valence electrons. The Balaban J connectivity index is 3.78. The number of nitrogens with zero attached hydrogens (tertiary/aromatic N) is 1. The molecule has 0 rings (SSSR count). The first-order valence-corrected chi connectivity index (χ1v) is 35.9. The van der Waals surface area contributed by atoms with Gasteiger partial charge in [0.15, 0.2) is 0 Å². The molecule has 1 amide bonds. The molecule has 3 atom stereocenters. The van der Waals surface area contributed by atoms with Gasteiger partial charge >= 0.3 is 7.82 Å². The van der Waals surface area contributed by atoms with Gasteiger partial charge in [0.1, 0.15) is 13.2 Å². The van der Waals surface area contributed by atoms with Crippen LogP contribution in [0.25, 0.3) is 0 Å². The van der Waals surface area contributed by atoms with Crippen LogP contribution in [0, 0.1) is 0 Å². The lowest BCUT2D eigenvalue weighted by atomic mass is 10.0. The van der Waals surface area contributed by atoms with E-state index in [1.54, 1.807) is 0 Å². The van der Waals surface area contributed by atoms with E-state index < -0.39 is 20.0 Å². The van der Waals surface area contributed by atoms with Crippen LogP contribution in [-0.4, -0.2) is 73.4 Å². The molecule has 0 bridgehead atoms. The second kappa shape index (κ2) is 59.1. The third kappa shape index (κ3) is 61.1. The van der Waals surface area contributed by atoms with E-state index in [4.69, 9.17) is 9.05 Å². The van der Waals surface area contributed by atoms with Crippen LogP contribution < -0.4 is 5.32 Å². The lowest BCUT2D eigenvalue weighted by Crippen LogP contribution is -2.46. The summed E-state index contributed by atoms with van der Waals surface area (Å²) >= 11 is 0. The first-order chi connectivity index (χ1) is 37.0. The van der Waals surface area contributed by atoms with Crippen molar-refractivity contribution in [3.63, 3.8) is 0 Å². The molecule has 0 saturated heterocycles. The third-order valence-electron chi connectivity index (χ3n) is 16.4. The molecule has 9 heteroatoms. The number of quaternary nitrogens is 1. The molecule has 0 aliphatic rings. The third-order valence-corrected chi connectivity index (χ3v) is 17.3.